The highest BCUT2D eigenvalue weighted by atomic mass is 32.2. The molecule has 3 heterocycles. The predicted octanol–water partition coefficient (Wildman–Crippen LogP) is 2.86. The van der Waals surface area contributed by atoms with Gasteiger partial charge in [0.1, 0.15) is 25.4 Å². The Hall–Kier alpha value is -3.28. The van der Waals surface area contributed by atoms with Gasteiger partial charge in [0.05, 0.1) is 17.4 Å². The molecule has 1 N–H and O–H groups in total. The van der Waals surface area contributed by atoms with Crippen LogP contribution in [-0.2, 0) is 16.2 Å². The molecule has 152 valence electrons. The van der Waals surface area contributed by atoms with Crippen molar-refractivity contribution in [2.45, 2.75) is 11.2 Å². The Balaban J connectivity index is 1.63. The Kier molecular flexibility index (Phi) is 4.57. The fourth-order valence-corrected chi connectivity index (χ4v) is 3.81. The van der Waals surface area contributed by atoms with Gasteiger partial charge in [0, 0.05) is 12.3 Å². The van der Waals surface area contributed by atoms with Gasteiger partial charge in [-0.15, -0.1) is 0 Å². The summed E-state index contributed by atoms with van der Waals surface area (Å²) >= 11 is 0. The summed E-state index contributed by atoms with van der Waals surface area (Å²) in [6, 6.07) is 6.42. The Morgan fingerprint density at radius 3 is 2.48 bits per heavy atom. The van der Waals surface area contributed by atoms with Crippen molar-refractivity contribution in [3.8, 4) is 17.3 Å². The van der Waals surface area contributed by atoms with Gasteiger partial charge in [-0.2, -0.15) is 21.6 Å². The maximum atomic E-state index is 12.8. The lowest BCUT2D eigenvalue weighted by molar-refractivity contribution is -0.137. The summed E-state index contributed by atoms with van der Waals surface area (Å²) in [5.41, 5.74) is -0.720. The first kappa shape index (κ1) is 19.1. The molecular weight excluding hydrogens is 413 g/mol. The van der Waals surface area contributed by atoms with Crippen LogP contribution in [0.25, 0.3) is 5.82 Å². The van der Waals surface area contributed by atoms with Crippen molar-refractivity contribution in [2.24, 2.45) is 0 Å². The van der Waals surface area contributed by atoms with Gasteiger partial charge in [-0.1, -0.05) is 0 Å². The molecule has 0 aliphatic carbocycles. The van der Waals surface area contributed by atoms with Crippen LogP contribution in [0.5, 0.6) is 11.5 Å². The van der Waals surface area contributed by atoms with Crippen LogP contribution in [0.3, 0.4) is 0 Å². The molecule has 0 amide bonds. The molecular formula is C17H13F3N4O4S. The number of benzene rings is 1. The third kappa shape index (κ3) is 3.83. The Morgan fingerprint density at radius 2 is 1.79 bits per heavy atom. The van der Waals surface area contributed by atoms with E-state index in [1.54, 1.807) is 6.07 Å². The van der Waals surface area contributed by atoms with Gasteiger partial charge in [0.15, 0.2) is 16.5 Å². The van der Waals surface area contributed by atoms with E-state index in [-0.39, 0.29) is 16.5 Å². The van der Waals surface area contributed by atoms with Crippen molar-refractivity contribution in [3.05, 3.63) is 54.6 Å². The van der Waals surface area contributed by atoms with Crippen molar-refractivity contribution in [1.82, 2.24) is 14.5 Å². The Morgan fingerprint density at radius 1 is 1.03 bits per heavy atom. The lowest BCUT2D eigenvalue weighted by Gasteiger charge is -2.19. The van der Waals surface area contributed by atoms with Gasteiger partial charge in [-0.25, -0.2) is 9.97 Å². The van der Waals surface area contributed by atoms with Crippen LogP contribution >= 0.6 is 0 Å². The normalized spacial score (nSPS) is 13.9. The average molecular weight is 426 g/mol. The zero-order valence-electron chi connectivity index (χ0n) is 14.5. The van der Waals surface area contributed by atoms with Crippen molar-refractivity contribution in [2.75, 3.05) is 17.9 Å². The number of rotatable bonds is 4. The number of nitrogens with one attached hydrogen (secondary N) is 1. The summed E-state index contributed by atoms with van der Waals surface area (Å²) in [5.74, 6) is 0.866. The predicted molar refractivity (Wildman–Crippen MR) is 94.6 cm³/mol. The van der Waals surface area contributed by atoms with Gasteiger partial charge in [-0.3, -0.25) is 9.29 Å². The van der Waals surface area contributed by atoms with Crippen molar-refractivity contribution >= 4 is 15.7 Å². The van der Waals surface area contributed by atoms with E-state index in [0.717, 1.165) is 29.2 Å². The second-order valence-corrected chi connectivity index (χ2v) is 7.60. The van der Waals surface area contributed by atoms with E-state index in [9.17, 15) is 21.6 Å². The summed E-state index contributed by atoms with van der Waals surface area (Å²) in [6.07, 6.45) is -1.71. The topological polar surface area (TPSA) is 95.3 Å². The molecule has 29 heavy (non-hydrogen) atoms. The highest BCUT2D eigenvalue weighted by molar-refractivity contribution is 7.92. The summed E-state index contributed by atoms with van der Waals surface area (Å²) < 4.78 is 78.0. The van der Waals surface area contributed by atoms with Crippen molar-refractivity contribution in [1.29, 1.82) is 0 Å². The second-order valence-electron chi connectivity index (χ2n) is 5.97. The molecule has 0 fully saturated rings. The number of pyridine rings is 1. The van der Waals surface area contributed by atoms with E-state index in [1.807, 2.05) is 0 Å². The number of aromatic nitrogens is 3. The minimum Gasteiger partial charge on any atom is -0.486 e. The summed E-state index contributed by atoms with van der Waals surface area (Å²) in [5, 5.41) is -0.292. The minimum absolute atomic E-state index is 0.0296. The summed E-state index contributed by atoms with van der Waals surface area (Å²) in [4.78, 5) is 7.49. The Bertz CT molecular complexity index is 1140. The number of ether oxygens (including phenoxy) is 2. The number of sulfonamides is 1. The van der Waals surface area contributed by atoms with E-state index in [0.29, 0.717) is 30.9 Å². The maximum Gasteiger partial charge on any atom is 0.417 e. The molecule has 0 spiro atoms. The van der Waals surface area contributed by atoms with E-state index in [1.165, 1.54) is 12.1 Å². The number of fused-ring (bicyclic) bond motifs is 1. The van der Waals surface area contributed by atoms with Gasteiger partial charge < -0.3 is 9.47 Å². The number of imidazole rings is 1. The highest BCUT2D eigenvalue weighted by Gasteiger charge is 2.31. The van der Waals surface area contributed by atoms with Crippen LogP contribution in [-0.4, -0.2) is 36.2 Å². The molecule has 2 aromatic heterocycles. The smallest absolute Gasteiger partial charge is 0.417 e. The third-order valence-corrected chi connectivity index (χ3v) is 5.35. The lowest BCUT2D eigenvalue weighted by atomic mass is 10.3. The molecule has 1 aromatic carbocycles. The van der Waals surface area contributed by atoms with Gasteiger partial charge in [-0.05, 0) is 24.3 Å². The van der Waals surface area contributed by atoms with Crippen LogP contribution in [0.1, 0.15) is 5.56 Å². The number of hydrogen-bond donors (Lipinski definition) is 1. The largest absolute Gasteiger partial charge is 0.486 e. The quantitative estimate of drug-likeness (QED) is 0.689. The number of halogens is 3. The first-order chi connectivity index (χ1) is 13.7. The van der Waals surface area contributed by atoms with E-state index in [4.69, 9.17) is 9.47 Å². The fourth-order valence-electron chi connectivity index (χ4n) is 2.66. The number of hydrogen-bond acceptors (Lipinski definition) is 6. The number of alkyl halides is 3. The first-order valence-electron chi connectivity index (χ1n) is 8.22. The molecule has 0 unspecified atom stereocenters. The lowest BCUT2D eigenvalue weighted by Crippen LogP contribution is -2.18. The summed E-state index contributed by atoms with van der Waals surface area (Å²) in [6.45, 7) is 0.743. The molecule has 0 bridgehead atoms. The van der Waals surface area contributed by atoms with Crippen LogP contribution in [0, 0.1) is 0 Å². The van der Waals surface area contributed by atoms with Crippen molar-refractivity contribution in [3.63, 3.8) is 0 Å². The van der Waals surface area contributed by atoms with Gasteiger partial charge in [0.25, 0.3) is 10.0 Å². The van der Waals surface area contributed by atoms with E-state index in [2.05, 4.69) is 14.7 Å². The third-order valence-electron chi connectivity index (χ3n) is 4.00. The van der Waals surface area contributed by atoms with Crippen LogP contribution in [0.2, 0.25) is 0 Å². The molecule has 4 rings (SSSR count). The van der Waals surface area contributed by atoms with Gasteiger partial charge >= 0.3 is 6.18 Å². The monoisotopic (exact) mass is 426 g/mol. The van der Waals surface area contributed by atoms with Crippen LogP contribution in [0.4, 0.5) is 18.9 Å². The molecule has 0 saturated heterocycles. The van der Waals surface area contributed by atoms with Crippen LogP contribution < -0.4 is 14.2 Å². The molecule has 3 aromatic rings. The summed E-state index contributed by atoms with van der Waals surface area (Å²) in [7, 11) is -4.12. The zero-order chi connectivity index (χ0) is 20.6. The minimum atomic E-state index is -4.55. The van der Waals surface area contributed by atoms with Crippen LogP contribution in [0.15, 0.2) is 54.1 Å². The highest BCUT2D eigenvalue weighted by Crippen LogP contribution is 2.33. The average Bonchev–Trinajstić information content (AvgIpc) is 3.18. The standard InChI is InChI=1S/C17H13F3N4O4S/c18-17(19,20)11-1-4-15(22-8-11)24-10-21-9-16(24)29(25,26)23-12-2-3-13-14(7-12)28-6-5-27-13/h1-4,7-10,23H,5-6H2. The molecule has 0 saturated carbocycles. The molecule has 0 atom stereocenters. The SMILES string of the molecule is O=S(=O)(Nc1ccc2c(c1)OCCO2)c1cncn1-c1ccc(C(F)(F)F)cn1. The number of anilines is 1. The maximum absolute atomic E-state index is 12.8. The molecule has 0 radical (unpaired) electrons. The van der Waals surface area contributed by atoms with E-state index < -0.39 is 21.8 Å². The zero-order valence-corrected chi connectivity index (χ0v) is 15.4. The second kappa shape index (κ2) is 6.95. The van der Waals surface area contributed by atoms with E-state index >= 15 is 0 Å². The molecule has 8 nitrogen and oxygen atoms in total. The Labute approximate surface area is 163 Å². The van der Waals surface area contributed by atoms with Crippen molar-refractivity contribution < 1.29 is 31.1 Å². The molecule has 12 heteroatoms. The molecule has 1 aliphatic rings. The first-order valence-corrected chi connectivity index (χ1v) is 9.71. The molecule has 1 aliphatic heterocycles. The fraction of sp³-hybridized carbons (Fsp3) is 0.176. The van der Waals surface area contributed by atoms with Gasteiger partial charge in [0.2, 0.25) is 0 Å². The number of nitrogens with zero attached hydrogens (tertiary/aromatic N) is 3.